The van der Waals surface area contributed by atoms with Crippen molar-refractivity contribution in [1.82, 2.24) is 5.73 Å². The van der Waals surface area contributed by atoms with Crippen LogP contribution in [0, 0.1) is 0 Å². The van der Waals surface area contributed by atoms with Gasteiger partial charge in [0.2, 0.25) is 12.7 Å². The summed E-state index contributed by atoms with van der Waals surface area (Å²) in [6.45, 7) is 0.506. The summed E-state index contributed by atoms with van der Waals surface area (Å²) >= 11 is 0. The number of rotatable bonds is 5. The third-order valence-corrected chi connectivity index (χ3v) is 5.72. The summed E-state index contributed by atoms with van der Waals surface area (Å²) in [5, 5.41) is 3.10. The van der Waals surface area contributed by atoms with E-state index >= 15 is 0 Å². The molecular weight excluding hydrogens is 364 g/mol. The number of carbonyl (C=O) groups excluding carboxylic acids is 1. The number of hydrogen-bond acceptors (Lipinski definition) is 3. The predicted octanol–water partition coefficient (Wildman–Crippen LogP) is 4.54. The molecule has 3 aromatic rings. The van der Waals surface area contributed by atoms with Crippen molar-refractivity contribution >= 4 is 11.6 Å². The van der Waals surface area contributed by atoms with Crippen molar-refractivity contribution in [2.45, 2.75) is 24.8 Å². The van der Waals surface area contributed by atoms with Gasteiger partial charge in [-0.1, -0.05) is 42.5 Å². The van der Waals surface area contributed by atoms with Gasteiger partial charge in [-0.05, 0) is 59.4 Å². The molecule has 29 heavy (non-hydrogen) atoms. The highest BCUT2D eigenvalue weighted by atomic mass is 16.7. The highest BCUT2D eigenvalue weighted by Crippen LogP contribution is 2.51. The first kappa shape index (κ1) is 17.8. The number of fused-ring (bicyclic) bond motifs is 1. The van der Waals surface area contributed by atoms with Gasteiger partial charge in [-0.3, -0.25) is 10.5 Å². The Hall–Kier alpha value is -3.31. The first-order valence-corrected chi connectivity index (χ1v) is 9.73. The molecule has 5 nitrogen and oxygen atoms in total. The molecule has 0 aromatic heterocycles. The Kier molecular flexibility index (Phi) is 4.25. The molecule has 2 N–H and O–H groups in total. The minimum Gasteiger partial charge on any atom is -0.454 e. The zero-order valence-corrected chi connectivity index (χ0v) is 15.9. The molecule has 1 saturated carbocycles. The van der Waals surface area contributed by atoms with Gasteiger partial charge in [-0.2, -0.15) is 0 Å². The van der Waals surface area contributed by atoms with E-state index in [0.717, 1.165) is 46.5 Å². The van der Waals surface area contributed by atoms with Crippen LogP contribution in [-0.4, -0.2) is 12.7 Å². The van der Waals surface area contributed by atoms with Gasteiger partial charge in [0.15, 0.2) is 11.5 Å². The minimum atomic E-state index is -0.493. The fraction of sp³-hybridized carbons (Fsp3) is 0.208. The monoisotopic (exact) mass is 385 g/mol. The Morgan fingerprint density at radius 3 is 2.48 bits per heavy atom. The van der Waals surface area contributed by atoms with E-state index in [1.54, 1.807) is 0 Å². The highest BCUT2D eigenvalue weighted by Gasteiger charge is 2.51. The quantitative estimate of drug-likeness (QED) is 0.701. The van der Waals surface area contributed by atoms with Crippen LogP contribution in [0.2, 0.25) is 0 Å². The Balaban J connectivity index is 1.37. The summed E-state index contributed by atoms with van der Waals surface area (Å²) < 4.78 is 10.9. The molecule has 5 heteroatoms. The van der Waals surface area contributed by atoms with Gasteiger partial charge >= 0.3 is 0 Å². The van der Waals surface area contributed by atoms with E-state index in [1.165, 1.54) is 0 Å². The number of ether oxygens (including phenoxy) is 2. The van der Waals surface area contributed by atoms with Crippen LogP contribution in [0.4, 0.5) is 5.69 Å². The van der Waals surface area contributed by atoms with Crippen LogP contribution in [-0.2, 0) is 16.8 Å². The van der Waals surface area contributed by atoms with Gasteiger partial charge in [-0.25, -0.2) is 0 Å². The van der Waals surface area contributed by atoms with E-state index in [9.17, 15) is 4.79 Å². The number of nitrogens with one attached hydrogen (secondary N) is 2. The molecule has 2 aliphatic rings. The average molecular weight is 385 g/mol. The summed E-state index contributed by atoms with van der Waals surface area (Å²) in [4.78, 5) is 13.1. The molecule has 0 spiro atoms. The second kappa shape index (κ2) is 6.94. The molecule has 1 heterocycles. The molecule has 1 fully saturated rings. The molecule has 0 saturated heterocycles. The zero-order valence-electron chi connectivity index (χ0n) is 15.9. The predicted molar refractivity (Wildman–Crippen MR) is 111 cm³/mol. The molecule has 145 valence electrons. The standard InChI is InChI=1S/C24H21N2O3/c25-14-16-4-6-17(7-5-16)18-2-1-3-20(12-18)26-23(27)24(10-11-24)19-8-9-21-22(13-19)29-15-28-21/h1-9,12-13,25H,10-11,14-15H2,(H,26,27). The average Bonchev–Trinajstić information content (AvgIpc) is 3.45. The number of hydrogen-bond donors (Lipinski definition) is 1. The first-order chi connectivity index (χ1) is 14.2. The lowest BCUT2D eigenvalue weighted by molar-refractivity contribution is -0.118. The molecule has 0 unspecified atom stereocenters. The van der Waals surface area contributed by atoms with Gasteiger partial charge < -0.3 is 14.8 Å². The maximum Gasteiger partial charge on any atom is 0.235 e. The molecular formula is C24H21N2O3. The van der Waals surface area contributed by atoms with Gasteiger partial charge in [-0.15, -0.1) is 0 Å². The largest absolute Gasteiger partial charge is 0.454 e. The maximum atomic E-state index is 13.1. The molecule has 1 radical (unpaired) electrons. The lowest BCUT2D eigenvalue weighted by atomic mass is 9.94. The highest BCUT2D eigenvalue weighted by molar-refractivity contribution is 6.01. The van der Waals surface area contributed by atoms with Crippen LogP contribution < -0.4 is 20.5 Å². The van der Waals surface area contributed by atoms with Crippen molar-refractivity contribution in [3.63, 3.8) is 0 Å². The third-order valence-electron chi connectivity index (χ3n) is 5.72. The molecule has 0 atom stereocenters. The van der Waals surface area contributed by atoms with E-state index in [0.29, 0.717) is 5.75 Å². The van der Waals surface area contributed by atoms with Crippen molar-refractivity contribution in [1.29, 1.82) is 0 Å². The van der Waals surface area contributed by atoms with Crippen LogP contribution in [0.15, 0.2) is 66.7 Å². The molecule has 0 bridgehead atoms. The van der Waals surface area contributed by atoms with Crippen LogP contribution >= 0.6 is 0 Å². The van der Waals surface area contributed by atoms with E-state index in [1.807, 2.05) is 66.7 Å². The number of benzene rings is 3. The first-order valence-electron chi connectivity index (χ1n) is 9.73. The summed E-state index contributed by atoms with van der Waals surface area (Å²) in [5.74, 6) is 1.45. The van der Waals surface area contributed by atoms with E-state index in [2.05, 4.69) is 5.32 Å². The summed E-state index contributed by atoms with van der Waals surface area (Å²) in [5.41, 5.74) is 11.8. The molecule has 1 amide bonds. The number of amides is 1. The summed E-state index contributed by atoms with van der Waals surface area (Å²) in [6.07, 6.45) is 1.65. The molecule has 1 aliphatic carbocycles. The van der Waals surface area contributed by atoms with Gasteiger partial charge in [0.25, 0.3) is 0 Å². The van der Waals surface area contributed by atoms with Crippen molar-refractivity contribution in [3.8, 4) is 22.6 Å². The lowest BCUT2D eigenvalue weighted by Crippen LogP contribution is -2.27. The molecule has 1 aliphatic heterocycles. The zero-order chi connectivity index (χ0) is 19.8. The van der Waals surface area contributed by atoms with Crippen LogP contribution in [0.25, 0.3) is 11.1 Å². The topological polar surface area (TPSA) is 71.4 Å². The van der Waals surface area contributed by atoms with Crippen molar-refractivity contribution in [3.05, 3.63) is 77.9 Å². The lowest BCUT2D eigenvalue weighted by Gasteiger charge is -2.17. The second-order valence-electron chi connectivity index (χ2n) is 7.56. The van der Waals surface area contributed by atoms with Crippen LogP contribution in [0.1, 0.15) is 24.0 Å². The van der Waals surface area contributed by atoms with Crippen molar-refractivity contribution < 1.29 is 14.3 Å². The summed E-state index contributed by atoms with van der Waals surface area (Å²) in [7, 11) is 0. The van der Waals surface area contributed by atoms with Crippen molar-refractivity contribution in [2.24, 2.45) is 0 Å². The van der Waals surface area contributed by atoms with Gasteiger partial charge in [0, 0.05) is 12.2 Å². The maximum absolute atomic E-state index is 13.1. The number of carbonyl (C=O) groups is 1. The second-order valence-corrected chi connectivity index (χ2v) is 7.56. The van der Waals surface area contributed by atoms with Gasteiger partial charge in [0.1, 0.15) is 0 Å². The van der Waals surface area contributed by atoms with Crippen LogP contribution in [0.5, 0.6) is 11.5 Å². The smallest absolute Gasteiger partial charge is 0.235 e. The van der Waals surface area contributed by atoms with E-state index in [-0.39, 0.29) is 19.2 Å². The molecule has 3 aromatic carbocycles. The fourth-order valence-corrected chi connectivity index (χ4v) is 3.81. The third kappa shape index (κ3) is 3.23. The SMILES string of the molecule is [NH]Cc1ccc(-c2cccc(NC(=O)C3(c4ccc5c(c4)OCO5)CC3)c2)cc1. The Labute approximate surface area is 169 Å². The minimum absolute atomic E-state index is 0.0121. The number of anilines is 1. The summed E-state index contributed by atoms with van der Waals surface area (Å²) in [6, 6.07) is 21.6. The van der Waals surface area contributed by atoms with Crippen LogP contribution in [0.3, 0.4) is 0 Å². The molecule has 5 rings (SSSR count). The Bertz CT molecular complexity index is 1070. The Morgan fingerprint density at radius 1 is 0.931 bits per heavy atom. The normalized spacial score (nSPS) is 15.8. The Morgan fingerprint density at radius 2 is 1.72 bits per heavy atom. The van der Waals surface area contributed by atoms with E-state index < -0.39 is 5.41 Å². The van der Waals surface area contributed by atoms with Gasteiger partial charge in [0.05, 0.1) is 5.41 Å². The van der Waals surface area contributed by atoms with E-state index in [4.69, 9.17) is 15.2 Å². The fourth-order valence-electron chi connectivity index (χ4n) is 3.81. The van der Waals surface area contributed by atoms with Crippen molar-refractivity contribution in [2.75, 3.05) is 12.1 Å².